The lowest BCUT2D eigenvalue weighted by Gasteiger charge is -2.18. The van der Waals surface area contributed by atoms with Crippen LogP contribution < -0.4 is 10.1 Å². The molecular weight excluding hydrogens is 190 g/mol. The molecule has 0 aliphatic heterocycles. The zero-order chi connectivity index (χ0) is 11.3. The maximum atomic E-state index is 5.34. The van der Waals surface area contributed by atoms with Crippen LogP contribution in [0.4, 0.5) is 0 Å². The maximum absolute atomic E-state index is 5.34. The van der Waals surface area contributed by atoms with Gasteiger partial charge in [-0.3, -0.25) is 0 Å². The van der Waals surface area contributed by atoms with E-state index < -0.39 is 0 Å². The van der Waals surface area contributed by atoms with Crippen LogP contribution in [0.1, 0.15) is 32.4 Å². The fourth-order valence-corrected chi connectivity index (χ4v) is 1.34. The molecule has 1 rings (SSSR count). The summed E-state index contributed by atoms with van der Waals surface area (Å²) in [6.07, 6.45) is 1.55. The monoisotopic (exact) mass is 209 g/mol. The first-order valence-electron chi connectivity index (χ1n) is 5.31. The van der Waals surface area contributed by atoms with E-state index in [2.05, 4.69) is 29.1 Å². The van der Waals surface area contributed by atoms with Crippen molar-refractivity contribution in [3.63, 3.8) is 0 Å². The van der Waals surface area contributed by atoms with Gasteiger partial charge < -0.3 is 10.1 Å². The molecule has 0 spiro atoms. The highest BCUT2D eigenvalue weighted by atomic mass is 16.5. The molecular formula is C11H19N3O. The lowest BCUT2D eigenvalue weighted by atomic mass is 10.00. The Morgan fingerprint density at radius 1 is 1.40 bits per heavy atom. The molecule has 0 amide bonds. The van der Waals surface area contributed by atoms with E-state index in [0.717, 1.165) is 5.69 Å². The molecule has 1 N–H and O–H groups in total. The summed E-state index contributed by atoms with van der Waals surface area (Å²) in [5.41, 5.74) is 1.01. The summed E-state index contributed by atoms with van der Waals surface area (Å²) in [6.45, 7) is 6.85. The molecule has 15 heavy (non-hydrogen) atoms. The molecule has 0 saturated carbocycles. The predicted octanol–water partition coefficient (Wildman–Crippen LogP) is 1.59. The Kier molecular flexibility index (Phi) is 4.49. The van der Waals surface area contributed by atoms with Gasteiger partial charge in [-0.1, -0.05) is 6.92 Å². The highest BCUT2D eigenvalue weighted by Gasteiger charge is 2.14. The molecule has 0 bridgehead atoms. The lowest BCUT2D eigenvalue weighted by Crippen LogP contribution is -2.27. The summed E-state index contributed by atoms with van der Waals surface area (Å²) in [4.78, 5) is 8.30. The fourth-order valence-electron chi connectivity index (χ4n) is 1.34. The van der Waals surface area contributed by atoms with Crippen LogP contribution in [0.5, 0.6) is 5.88 Å². The van der Waals surface area contributed by atoms with Gasteiger partial charge in [0.1, 0.15) is 6.33 Å². The van der Waals surface area contributed by atoms with E-state index in [9.17, 15) is 0 Å². The highest BCUT2D eigenvalue weighted by Crippen LogP contribution is 2.19. The van der Waals surface area contributed by atoms with Crippen LogP contribution in [-0.2, 0) is 0 Å². The quantitative estimate of drug-likeness (QED) is 0.800. The Labute approximate surface area is 91.1 Å². The van der Waals surface area contributed by atoms with Gasteiger partial charge in [-0.15, -0.1) is 0 Å². The Bertz CT molecular complexity index is 304. The van der Waals surface area contributed by atoms with Gasteiger partial charge in [0.15, 0.2) is 0 Å². The van der Waals surface area contributed by atoms with E-state index >= 15 is 0 Å². The first-order valence-corrected chi connectivity index (χ1v) is 5.31. The zero-order valence-corrected chi connectivity index (χ0v) is 9.82. The van der Waals surface area contributed by atoms with Crippen LogP contribution in [0.2, 0.25) is 0 Å². The third kappa shape index (κ3) is 3.16. The van der Waals surface area contributed by atoms with Gasteiger partial charge >= 0.3 is 0 Å². The van der Waals surface area contributed by atoms with Gasteiger partial charge in [-0.05, 0) is 20.9 Å². The number of likely N-dealkylation sites (N-methyl/N-ethyl adjacent to an activating group) is 1. The molecule has 0 aliphatic rings. The van der Waals surface area contributed by atoms with Crippen LogP contribution in [0.25, 0.3) is 0 Å². The molecule has 2 atom stereocenters. The smallest absolute Gasteiger partial charge is 0.216 e. The standard InChI is InChI=1S/C11H19N3O/c1-5-15-11-6-10(13-7-14-11)8(2)9(3)12-4/h6-9,12H,5H2,1-4H3. The third-order valence-corrected chi connectivity index (χ3v) is 2.63. The zero-order valence-electron chi connectivity index (χ0n) is 9.82. The second-order valence-corrected chi connectivity index (χ2v) is 3.58. The molecule has 1 aromatic heterocycles. The molecule has 0 aliphatic carbocycles. The van der Waals surface area contributed by atoms with Crippen molar-refractivity contribution >= 4 is 0 Å². The van der Waals surface area contributed by atoms with E-state index in [1.807, 2.05) is 20.0 Å². The maximum Gasteiger partial charge on any atom is 0.216 e. The second kappa shape index (κ2) is 5.66. The molecule has 84 valence electrons. The van der Waals surface area contributed by atoms with Crippen molar-refractivity contribution in [3.05, 3.63) is 18.1 Å². The Morgan fingerprint density at radius 3 is 2.73 bits per heavy atom. The molecule has 0 saturated heterocycles. The number of hydrogen-bond donors (Lipinski definition) is 1. The van der Waals surface area contributed by atoms with Crippen LogP contribution in [0.15, 0.2) is 12.4 Å². The highest BCUT2D eigenvalue weighted by molar-refractivity contribution is 5.17. The number of nitrogens with one attached hydrogen (secondary N) is 1. The van der Waals surface area contributed by atoms with E-state index in [1.165, 1.54) is 0 Å². The van der Waals surface area contributed by atoms with Gasteiger partial charge in [0.25, 0.3) is 0 Å². The number of aromatic nitrogens is 2. The third-order valence-electron chi connectivity index (χ3n) is 2.63. The van der Waals surface area contributed by atoms with E-state index in [1.54, 1.807) is 6.33 Å². The summed E-state index contributed by atoms with van der Waals surface area (Å²) in [6, 6.07) is 2.29. The van der Waals surface area contributed by atoms with Crippen LogP contribution in [-0.4, -0.2) is 29.7 Å². The number of rotatable bonds is 5. The van der Waals surface area contributed by atoms with E-state index in [4.69, 9.17) is 4.74 Å². The average Bonchev–Trinajstić information content (AvgIpc) is 2.28. The van der Waals surface area contributed by atoms with Crippen LogP contribution in [0, 0.1) is 0 Å². The second-order valence-electron chi connectivity index (χ2n) is 3.58. The van der Waals surface area contributed by atoms with Crippen molar-refractivity contribution < 1.29 is 4.74 Å². The SMILES string of the molecule is CCOc1cc(C(C)C(C)NC)ncn1. The Morgan fingerprint density at radius 2 is 2.13 bits per heavy atom. The van der Waals surface area contributed by atoms with Crippen molar-refractivity contribution in [1.29, 1.82) is 0 Å². The predicted molar refractivity (Wildman–Crippen MR) is 60.1 cm³/mol. The van der Waals surface area contributed by atoms with E-state index in [-0.39, 0.29) is 0 Å². The van der Waals surface area contributed by atoms with Gasteiger partial charge in [-0.2, -0.15) is 0 Å². The van der Waals surface area contributed by atoms with Crippen molar-refractivity contribution in [2.75, 3.05) is 13.7 Å². The Hall–Kier alpha value is -1.16. The first kappa shape index (κ1) is 11.9. The minimum Gasteiger partial charge on any atom is -0.478 e. The minimum absolute atomic E-state index is 0.345. The Balaban J connectivity index is 2.80. The summed E-state index contributed by atoms with van der Waals surface area (Å²) < 4.78 is 5.34. The summed E-state index contributed by atoms with van der Waals surface area (Å²) in [5.74, 6) is 0.995. The number of ether oxygens (including phenoxy) is 1. The molecule has 4 heteroatoms. The number of nitrogens with zero attached hydrogens (tertiary/aromatic N) is 2. The molecule has 1 aromatic rings. The summed E-state index contributed by atoms with van der Waals surface area (Å²) >= 11 is 0. The normalized spacial score (nSPS) is 14.7. The van der Waals surface area contributed by atoms with Crippen LogP contribution in [0.3, 0.4) is 0 Å². The molecule has 4 nitrogen and oxygen atoms in total. The van der Waals surface area contributed by atoms with Crippen molar-refractivity contribution in [2.24, 2.45) is 0 Å². The lowest BCUT2D eigenvalue weighted by molar-refractivity contribution is 0.324. The largest absolute Gasteiger partial charge is 0.478 e. The van der Waals surface area contributed by atoms with Gasteiger partial charge in [0.2, 0.25) is 5.88 Å². The van der Waals surface area contributed by atoms with Gasteiger partial charge in [0.05, 0.1) is 12.3 Å². The van der Waals surface area contributed by atoms with Crippen molar-refractivity contribution in [1.82, 2.24) is 15.3 Å². The summed E-state index contributed by atoms with van der Waals surface area (Å²) in [5, 5.41) is 3.21. The molecule has 0 aromatic carbocycles. The topological polar surface area (TPSA) is 47.0 Å². The first-order chi connectivity index (χ1) is 7.19. The van der Waals surface area contributed by atoms with Crippen molar-refractivity contribution in [3.8, 4) is 5.88 Å². The molecule has 1 heterocycles. The van der Waals surface area contributed by atoms with Crippen LogP contribution >= 0.6 is 0 Å². The molecule has 2 unspecified atom stereocenters. The van der Waals surface area contributed by atoms with Gasteiger partial charge in [0, 0.05) is 18.0 Å². The van der Waals surface area contributed by atoms with E-state index in [0.29, 0.717) is 24.4 Å². The molecule has 0 fully saturated rings. The van der Waals surface area contributed by atoms with Crippen molar-refractivity contribution in [2.45, 2.75) is 32.7 Å². The van der Waals surface area contributed by atoms with Gasteiger partial charge in [-0.25, -0.2) is 9.97 Å². The minimum atomic E-state index is 0.345. The summed E-state index contributed by atoms with van der Waals surface area (Å²) in [7, 11) is 1.95. The average molecular weight is 209 g/mol. The fraction of sp³-hybridized carbons (Fsp3) is 0.636. The number of hydrogen-bond acceptors (Lipinski definition) is 4. The molecule has 0 radical (unpaired) electrons.